The van der Waals surface area contributed by atoms with E-state index in [0.717, 1.165) is 47.5 Å². The lowest BCUT2D eigenvalue weighted by Crippen LogP contribution is -2.10. The third kappa shape index (κ3) is 3.98. The Bertz CT molecular complexity index is 1070. The lowest BCUT2D eigenvalue weighted by molar-refractivity contribution is 0.100. The Morgan fingerprint density at radius 1 is 1.04 bits per heavy atom. The predicted molar refractivity (Wildman–Crippen MR) is 109 cm³/mol. The molecule has 140 valence electrons. The Morgan fingerprint density at radius 2 is 1.86 bits per heavy atom. The van der Waals surface area contributed by atoms with Crippen molar-refractivity contribution in [2.75, 3.05) is 11.9 Å². The number of aryl methyl sites for hydroxylation is 1. The van der Waals surface area contributed by atoms with E-state index in [-0.39, 0.29) is 0 Å². The smallest absolute Gasteiger partial charge is 0.248 e. The Kier molecular flexibility index (Phi) is 4.97. The zero-order valence-corrected chi connectivity index (χ0v) is 15.2. The molecular weight excluding hydrogens is 352 g/mol. The maximum absolute atomic E-state index is 11.2. The number of imidazole rings is 1. The largest absolute Gasteiger partial charge is 0.366 e. The van der Waals surface area contributed by atoms with Crippen molar-refractivity contribution in [3.05, 3.63) is 72.2 Å². The minimum absolute atomic E-state index is 0.443. The number of fused-ring (bicyclic) bond motifs is 1. The number of primary amides is 1. The molecule has 0 aliphatic heterocycles. The molecule has 0 aliphatic rings. The number of aromatic amines is 1. The molecule has 4 aromatic rings. The van der Waals surface area contributed by atoms with Gasteiger partial charge in [-0.05, 0) is 36.8 Å². The van der Waals surface area contributed by atoms with Crippen molar-refractivity contribution in [1.82, 2.24) is 19.9 Å². The number of H-pyrrole nitrogens is 1. The van der Waals surface area contributed by atoms with Crippen LogP contribution in [0.15, 0.2) is 60.8 Å². The van der Waals surface area contributed by atoms with Gasteiger partial charge in [-0.3, -0.25) is 4.79 Å². The molecule has 0 radical (unpaired) electrons. The summed E-state index contributed by atoms with van der Waals surface area (Å²) in [6.45, 7) is 0.737. The van der Waals surface area contributed by atoms with Crippen molar-refractivity contribution in [3.8, 4) is 11.3 Å². The van der Waals surface area contributed by atoms with E-state index in [1.807, 2.05) is 42.5 Å². The highest BCUT2D eigenvalue weighted by Gasteiger charge is 2.05. The van der Waals surface area contributed by atoms with Crippen molar-refractivity contribution < 1.29 is 4.79 Å². The first-order chi connectivity index (χ1) is 13.7. The van der Waals surface area contributed by atoms with Crippen LogP contribution < -0.4 is 11.1 Å². The van der Waals surface area contributed by atoms with Crippen LogP contribution in [0.4, 0.5) is 5.95 Å². The Balaban J connectivity index is 1.35. The van der Waals surface area contributed by atoms with Gasteiger partial charge in [0.25, 0.3) is 0 Å². The molecule has 4 rings (SSSR count). The second-order valence-corrected chi connectivity index (χ2v) is 6.44. The van der Waals surface area contributed by atoms with Gasteiger partial charge in [-0.1, -0.05) is 24.3 Å². The van der Waals surface area contributed by atoms with Crippen LogP contribution in [0.1, 0.15) is 22.6 Å². The molecule has 28 heavy (non-hydrogen) atoms. The number of hydrogen-bond donors (Lipinski definition) is 3. The molecule has 7 nitrogen and oxygen atoms in total. The quantitative estimate of drug-likeness (QED) is 0.432. The molecule has 2 aromatic carbocycles. The van der Waals surface area contributed by atoms with Gasteiger partial charge in [0.15, 0.2) is 0 Å². The Morgan fingerprint density at radius 3 is 2.64 bits per heavy atom. The van der Waals surface area contributed by atoms with E-state index in [2.05, 4.69) is 25.3 Å². The normalized spacial score (nSPS) is 10.9. The first-order valence-electron chi connectivity index (χ1n) is 9.10. The zero-order chi connectivity index (χ0) is 19.3. The van der Waals surface area contributed by atoms with Gasteiger partial charge in [0, 0.05) is 30.3 Å². The number of hydrogen-bond acceptors (Lipinski definition) is 5. The van der Waals surface area contributed by atoms with E-state index in [1.165, 1.54) is 0 Å². The molecule has 0 atom stereocenters. The van der Waals surface area contributed by atoms with Crippen LogP contribution in [0.2, 0.25) is 0 Å². The Hall–Kier alpha value is -3.74. The summed E-state index contributed by atoms with van der Waals surface area (Å²) >= 11 is 0. The van der Waals surface area contributed by atoms with Gasteiger partial charge in [0.2, 0.25) is 11.9 Å². The van der Waals surface area contributed by atoms with Crippen molar-refractivity contribution in [1.29, 1.82) is 0 Å². The monoisotopic (exact) mass is 372 g/mol. The molecule has 4 N–H and O–H groups in total. The number of rotatable bonds is 7. The van der Waals surface area contributed by atoms with Gasteiger partial charge in [-0.15, -0.1) is 0 Å². The third-order valence-electron chi connectivity index (χ3n) is 4.43. The SMILES string of the molecule is NC(=O)c1ccc(-c2ccnc(NCCCc3nc4ccccc4[nH]3)n2)cc1. The van der Waals surface area contributed by atoms with E-state index in [4.69, 9.17) is 5.73 Å². The fourth-order valence-electron chi connectivity index (χ4n) is 2.99. The minimum Gasteiger partial charge on any atom is -0.366 e. The van der Waals surface area contributed by atoms with E-state index in [9.17, 15) is 4.79 Å². The van der Waals surface area contributed by atoms with E-state index in [1.54, 1.807) is 18.3 Å². The van der Waals surface area contributed by atoms with Crippen LogP contribution >= 0.6 is 0 Å². The fraction of sp³-hybridized carbons (Fsp3) is 0.143. The molecule has 1 amide bonds. The number of benzene rings is 2. The van der Waals surface area contributed by atoms with Gasteiger partial charge in [0.05, 0.1) is 16.7 Å². The summed E-state index contributed by atoms with van der Waals surface area (Å²) in [5.74, 6) is 1.11. The number of para-hydroxylation sites is 2. The number of carbonyl (C=O) groups is 1. The predicted octanol–water partition coefficient (Wildman–Crippen LogP) is 3.16. The molecule has 0 fully saturated rings. The third-order valence-corrected chi connectivity index (χ3v) is 4.43. The summed E-state index contributed by atoms with van der Waals surface area (Å²) in [6, 6.07) is 16.9. The molecule has 2 heterocycles. The van der Waals surface area contributed by atoms with Crippen molar-refractivity contribution in [3.63, 3.8) is 0 Å². The van der Waals surface area contributed by atoms with Gasteiger partial charge < -0.3 is 16.0 Å². The minimum atomic E-state index is -0.443. The molecular formula is C21H20N6O. The van der Waals surface area contributed by atoms with Crippen LogP contribution in [0, 0.1) is 0 Å². The number of nitrogens with one attached hydrogen (secondary N) is 2. The van der Waals surface area contributed by atoms with Crippen molar-refractivity contribution >= 4 is 22.9 Å². The van der Waals surface area contributed by atoms with Crippen LogP contribution in [0.25, 0.3) is 22.3 Å². The molecule has 7 heteroatoms. The number of amides is 1. The molecule has 0 bridgehead atoms. The van der Waals surface area contributed by atoms with Gasteiger partial charge in [-0.2, -0.15) is 0 Å². The maximum atomic E-state index is 11.2. The highest BCUT2D eigenvalue weighted by atomic mass is 16.1. The lowest BCUT2D eigenvalue weighted by Gasteiger charge is -2.06. The summed E-state index contributed by atoms with van der Waals surface area (Å²) in [7, 11) is 0. The average molecular weight is 372 g/mol. The van der Waals surface area contributed by atoms with Crippen molar-refractivity contribution in [2.45, 2.75) is 12.8 Å². The van der Waals surface area contributed by atoms with Gasteiger partial charge in [0.1, 0.15) is 5.82 Å². The van der Waals surface area contributed by atoms with Crippen LogP contribution in [-0.4, -0.2) is 32.4 Å². The van der Waals surface area contributed by atoms with Crippen LogP contribution in [-0.2, 0) is 6.42 Å². The second-order valence-electron chi connectivity index (χ2n) is 6.44. The summed E-state index contributed by atoms with van der Waals surface area (Å²) in [5.41, 5.74) is 9.48. The molecule has 0 saturated heterocycles. The number of carbonyl (C=O) groups excluding carboxylic acids is 1. The summed E-state index contributed by atoms with van der Waals surface area (Å²) < 4.78 is 0. The molecule has 0 spiro atoms. The first kappa shape index (κ1) is 17.7. The first-order valence-corrected chi connectivity index (χ1v) is 9.10. The molecule has 0 saturated carbocycles. The highest BCUT2D eigenvalue weighted by Crippen LogP contribution is 2.18. The number of anilines is 1. The summed E-state index contributed by atoms with van der Waals surface area (Å²) in [4.78, 5) is 27.9. The van der Waals surface area contributed by atoms with Crippen molar-refractivity contribution in [2.24, 2.45) is 5.73 Å². The highest BCUT2D eigenvalue weighted by molar-refractivity contribution is 5.93. The van der Waals surface area contributed by atoms with Gasteiger partial charge >= 0.3 is 0 Å². The maximum Gasteiger partial charge on any atom is 0.248 e. The standard InChI is InChI=1S/C21H20N6O/c22-20(28)15-9-7-14(8-10-15)16-11-13-24-21(27-16)23-12-3-6-19-25-17-4-1-2-5-18(17)26-19/h1-2,4-5,7-11,13H,3,6,12H2,(H2,22,28)(H,25,26)(H,23,24,27). The zero-order valence-electron chi connectivity index (χ0n) is 15.2. The van der Waals surface area contributed by atoms with E-state index in [0.29, 0.717) is 11.5 Å². The number of nitrogens with two attached hydrogens (primary N) is 1. The summed E-state index contributed by atoms with van der Waals surface area (Å²) in [6.07, 6.45) is 3.46. The van der Waals surface area contributed by atoms with Gasteiger partial charge in [-0.25, -0.2) is 15.0 Å². The van der Waals surface area contributed by atoms with E-state index < -0.39 is 5.91 Å². The van der Waals surface area contributed by atoms with Crippen LogP contribution in [0.5, 0.6) is 0 Å². The molecule has 0 unspecified atom stereocenters. The summed E-state index contributed by atoms with van der Waals surface area (Å²) in [5, 5.41) is 3.25. The number of nitrogens with zero attached hydrogens (tertiary/aromatic N) is 3. The molecule has 2 aromatic heterocycles. The van der Waals surface area contributed by atoms with E-state index >= 15 is 0 Å². The second kappa shape index (κ2) is 7.87. The topological polar surface area (TPSA) is 110 Å². The fourth-order valence-corrected chi connectivity index (χ4v) is 2.99. The average Bonchev–Trinajstić information content (AvgIpc) is 3.14. The Labute approximate surface area is 162 Å². The number of aromatic nitrogens is 4. The van der Waals surface area contributed by atoms with Crippen LogP contribution in [0.3, 0.4) is 0 Å². The molecule has 0 aliphatic carbocycles. The lowest BCUT2D eigenvalue weighted by atomic mass is 10.1.